The quantitative estimate of drug-likeness (QED) is 0.0661. The zero-order chi connectivity index (χ0) is 34.4. The van der Waals surface area contributed by atoms with Crippen molar-refractivity contribution in [3.8, 4) is 0 Å². The van der Waals surface area contributed by atoms with Crippen molar-refractivity contribution in [2.45, 2.75) is 6.92 Å². The van der Waals surface area contributed by atoms with Gasteiger partial charge < -0.3 is 14.2 Å². The van der Waals surface area contributed by atoms with Gasteiger partial charge >= 0.3 is 17.9 Å². The van der Waals surface area contributed by atoms with Crippen molar-refractivity contribution in [1.29, 1.82) is 0 Å². The third-order valence-corrected chi connectivity index (χ3v) is 6.24. The molecular formula is C32H27N3O12. The van der Waals surface area contributed by atoms with Gasteiger partial charge in [0.2, 0.25) is 0 Å². The van der Waals surface area contributed by atoms with E-state index in [0.29, 0.717) is 16.7 Å². The molecule has 0 radical (unpaired) electrons. The molecule has 0 bridgehead atoms. The molecule has 3 aromatic carbocycles. The molecule has 3 aromatic rings. The number of nitro benzene ring substituents is 3. The Bertz CT molecular complexity index is 1510. The first-order valence-electron chi connectivity index (χ1n) is 13.6. The first kappa shape index (κ1) is 35.0. The summed E-state index contributed by atoms with van der Waals surface area (Å²) < 4.78 is 15.9. The van der Waals surface area contributed by atoms with Crippen LogP contribution in [0.25, 0.3) is 18.2 Å². The number of non-ortho nitro benzene ring substituents is 3. The molecule has 0 aliphatic rings. The van der Waals surface area contributed by atoms with Crippen LogP contribution in [0.1, 0.15) is 23.6 Å². The van der Waals surface area contributed by atoms with Crippen molar-refractivity contribution in [2.24, 2.45) is 5.41 Å². The fourth-order valence-electron chi connectivity index (χ4n) is 3.62. The van der Waals surface area contributed by atoms with E-state index in [-0.39, 0.29) is 36.9 Å². The standard InChI is InChI=1S/C32H27N3O12/c1-32(20-45-29(36)17-8-23-2-11-26(12-3-23)33(39)40,21-46-30(37)18-9-24-4-13-27(14-5-24)34(41)42)22-47-31(38)19-10-25-6-15-28(16-7-25)35(43)44/h2-19H,20-22H2,1H3/b17-8+,18-9+,19-10+. The number of ether oxygens (including phenoxy) is 3. The molecule has 0 spiro atoms. The van der Waals surface area contributed by atoms with Crippen LogP contribution < -0.4 is 0 Å². The Morgan fingerprint density at radius 2 is 0.766 bits per heavy atom. The van der Waals surface area contributed by atoms with E-state index in [1.807, 2.05) is 0 Å². The van der Waals surface area contributed by atoms with E-state index in [0.717, 1.165) is 18.2 Å². The van der Waals surface area contributed by atoms with Crippen LogP contribution in [0.4, 0.5) is 17.1 Å². The van der Waals surface area contributed by atoms with Gasteiger partial charge in [0.25, 0.3) is 17.1 Å². The second kappa shape index (κ2) is 16.5. The lowest BCUT2D eigenvalue weighted by Gasteiger charge is -2.27. The maximum absolute atomic E-state index is 12.4. The smallest absolute Gasteiger partial charge is 0.330 e. The van der Waals surface area contributed by atoms with E-state index in [1.54, 1.807) is 6.92 Å². The zero-order valence-corrected chi connectivity index (χ0v) is 24.8. The lowest BCUT2D eigenvalue weighted by atomic mass is 9.94. The highest BCUT2D eigenvalue weighted by Gasteiger charge is 2.30. The number of carbonyl (C=O) groups excluding carboxylic acids is 3. The van der Waals surface area contributed by atoms with Crippen LogP contribution in [0.5, 0.6) is 0 Å². The molecule has 0 saturated carbocycles. The number of carbonyl (C=O) groups is 3. The predicted octanol–water partition coefficient (Wildman–Crippen LogP) is 5.49. The minimum absolute atomic E-state index is 0.116. The lowest BCUT2D eigenvalue weighted by molar-refractivity contribution is -0.385. The van der Waals surface area contributed by atoms with Gasteiger partial charge in [0.15, 0.2) is 0 Å². The molecule has 0 N–H and O–H groups in total. The van der Waals surface area contributed by atoms with Crippen molar-refractivity contribution in [2.75, 3.05) is 19.8 Å². The third kappa shape index (κ3) is 11.8. The molecule has 0 unspecified atom stereocenters. The molecule has 3 rings (SSSR count). The molecule has 15 nitrogen and oxygen atoms in total. The van der Waals surface area contributed by atoms with Crippen LogP contribution >= 0.6 is 0 Å². The second-order valence-electron chi connectivity index (χ2n) is 10.2. The SMILES string of the molecule is CC(COC(=O)/C=C/c1ccc([N+](=O)[O-])cc1)(COC(=O)/C=C/c1ccc([N+](=O)[O-])cc1)COC(=O)/C=C/c1ccc([N+](=O)[O-])cc1. The molecule has 0 atom stereocenters. The van der Waals surface area contributed by atoms with Gasteiger partial charge in [-0.3, -0.25) is 30.3 Å². The van der Waals surface area contributed by atoms with E-state index in [1.165, 1.54) is 91.0 Å². The number of nitrogens with zero attached hydrogens (tertiary/aromatic N) is 3. The summed E-state index contributed by atoms with van der Waals surface area (Å²) in [4.78, 5) is 68.1. The second-order valence-corrected chi connectivity index (χ2v) is 10.2. The van der Waals surface area contributed by atoms with E-state index in [2.05, 4.69) is 0 Å². The van der Waals surface area contributed by atoms with Gasteiger partial charge in [-0.25, -0.2) is 14.4 Å². The maximum Gasteiger partial charge on any atom is 0.330 e. The summed E-state index contributed by atoms with van der Waals surface area (Å²) in [5.41, 5.74) is -0.0717. The summed E-state index contributed by atoms with van der Waals surface area (Å²) in [5.74, 6) is -2.37. The van der Waals surface area contributed by atoms with Crippen LogP contribution in [0, 0.1) is 35.8 Å². The Labute approximate surface area is 266 Å². The van der Waals surface area contributed by atoms with Crippen LogP contribution in [0.15, 0.2) is 91.0 Å². The van der Waals surface area contributed by atoms with Crippen molar-refractivity contribution in [3.05, 3.63) is 138 Å². The van der Waals surface area contributed by atoms with E-state index < -0.39 is 38.1 Å². The topological polar surface area (TPSA) is 208 Å². The van der Waals surface area contributed by atoms with Crippen molar-refractivity contribution in [1.82, 2.24) is 0 Å². The fourth-order valence-corrected chi connectivity index (χ4v) is 3.62. The molecule has 47 heavy (non-hydrogen) atoms. The molecule has 242 valence electrons. The van der Waals surface area contributed by atoms with Crippen LogP contribution in [0.2, 0.25) is 0 Å². The Morgan fingerprint density at radius 1 is 0.532 bits per heavy atom. The van der Waals surface area contributed by atoms with Gasteiger partial charge in [-0.15, -0.1) is 0 Å². The number of nitro groups is 3. The number of esters is 3. The molecule has 0 aliphatic heterocycles. The largest absolute Gasteiger partial charge is 0.462 e. The molecule has 0 saturated heterocycles. The van der Waals surface area contributed by atoms with Crippen LogP contribution in [-0.2, 0) is 28.6 Å². The summed E-state index contributed by atoms with van der Waals surface area (Å²) in [5, 5.41) is 32.5. The van der Waals surface area contributed by atoms with Gasteiger partial charge in [-0.05, 0) is 78.2 Å². The number of rotatable bonds is 15. The summed E-state index contributed by atoms with van der Waals surface area (Å²) in [6, 6.07) is 16.3. The summed E-state index contributed by atoms with van der Waals surface area (Å²) in [7, 11) is 0. The summed E-state index contributed by atoms with van der Waals surface area (Å²) in [6.07, 6.45) is 7.44. The van der Waals surface area contributed by atoms with Gasteiger partial charge in [-0.2, -0.15) is 0 Å². The van der Waals surface area contributed by atoms with Crippen molar-refractivity contribution in [3.63, 3.8) is 0 Å². The summed E-state index contributed by atoms with van der Waals surface area (Å²) >= 11 is 0. The highest BCUT2D eigenvalue weighted by Crippen LogP contribution is 2.21. The molecular weight excluding hydrogens is 618 g/mol. The molecule has 0 aliphatic carbocycles. The van der Waals surface area contributed by atoms with Gasteiger partial charge in [0.05, 0.1) is 20.2 Å². The number of benzene rings is 3. The fraction of sp³-hybridized carbons (Fsp3) is 0.156. The summed E-state index contributed by atoms with van der Waals surface area (Å²) in [6.45, 7) is 0.486. The maximum atomic E-state index is 12.4. The first-order chi connectivity index (χ1) is 22.3. The number of hydrogen-bond acceptors (Lipinski definition) is 12. The molecule has 15 heteroatoms. The van der Waals surface area contributed by atoms with Gasteiger partial charge in [0, 0.05) is 54.6 Å². The molecule has 0 amide bonds. The van der Waals surface area contributed by atoms with Gasteiger partial charge in [0.1, 0.15) is 19.8 Å². The zero-order valence-electron chi connectivity index (χ0n) is 24.8. The molecule has 0 heterocycles. The first-order valence-corrected chi connectivity index (χ1v) is 13.6. The average Bonchev–Trinajstić information content (AvgIpc) is 3.06. The van der Waals surface area contributed by atoms with Crippen LogP contribution in [0.3, 0.4) is 0 Å². The average molecular weight is 646 g/mol. The normalized spacial score (nSPS) is 11.4. The van der Waals surface area contributed by atoms with Crippen LogP contribution in [-0.4, -0.2) is 52.5 Å². The van der Waals surface area contributed by atoms with Crippen molar-refractivity contribution >= 4 is 53.2 Å². The lowest BCUT2D eigenvalue weighted by Crippen LogP contribution is -2.36. The minimum Gasteiger partial charge on any atom is -0.462 e. The van der Waals surface area contributed by atoms with Gasteiger partial charge in [-0.1, -0.05) is 0 Å². The van der Waals surface area contributed by atoms with E-state index >= 15 is 0 Å². The van der Waals surface area contributed by atoms with E-state index in [9.17, 15) is 44.7 Å². The highest BCUT2D eigenvalue weighted by molar-refractivity contribution is 5.88. The Balaban J connectivity index is 1.64. The molecule has 0 fully saturated rings. The number of hydrogen-bond donors (Lipinski definition) is 0. The van der Waals surface area contributed by atoms with Crippen molar-refractivity contribution < 1.29 is 43.4 Å². The highest BCUT2D eigenvalue weighted by atomic mass is 16.6. The monoisotopic (exact) mass is 645 g/mol. The Hall–Kier alpha value is -6.51. The predicted molar refractivity (Wildman–Crippen MR) is 167 cm³/mol. The van der Waals surface area contributed by atoms with E-state index in [4.69, 9.17) is 14.2 Å². The Morgan fingerprint density at radius 3 is 0.979 bits per heavy atom. The molecule has 0 aromatic heterocycles. The third-order valence-electron chi connectivity index (χ3n) is 6.24. The minimum atomic E-state index is -1.22. The Kier molecular flexibility index (Phi) is 12.3.